The van der Waals surface area contributed by atoms with E-state index in [9.17, 15) is 0 Å². The summed E-state index contributed by atoms with van der Waals surface area (Å²) < 4.78 is 2.72. The van der Waals surface area contributed by atoms with Crippen molar-refractivity contribution in [3.05, 3.63) is 16.9 Å². The smallest absolute Gasteiger partial charge is 0.375 e. The Morgan fingerprint density at radius 3 is 2.90 bits per heavy atom. The van der Waals surface area contributed by atoms with Crippen LogP contribution in [0.3, 0.4) is 0 Å². The molecule has 0 saturated carbocycles. The van der Waals surface area contributed by atoms with Crippen molar-refractivity contribution >= 4 is 15.9 Å². The molecule has 0 radical (unpaired) electrons. The van der Waals surface area contributed by atoms with Gasteiger partial charge in [-0.25, -0.2) is 0 Å². The summed E-state index contributed by atoms with van der Waals surface area (Å²) in [6.45, 7) is 3.06. The van der Waals surface area contributed by atoms with E-state index in [0.29, 0.717) is 0 Å². The predicted molar refractivity (Wildman–Crippen MR) is 39.1 cm³/mol. The van der Waals surface area contributed by atoms with Crippen LogP contribution in [0, 0.1) is 6.20 Å². The molecule has 0 aromatic carbocycles. The third-order valence-electron chi connectivity index (χ3n) is 0.982. The maximum Gasteiger partial charge on any atom is 1.00 e. The van der Waals surface area contributed by atoms with Crippen molar-refractivity contribution < 1.29 is 18.9 Å². The average Bonchev–Trinajstić information content (AvgIpc) is 2.17. The number of nitrogens with zero attached hydrogens (tertiary/aromatic N) is 2. The molecule has 1 rings (SSSR count). The standard InChI is InChI=1S/C6H8BrN2.Li/c1-2-3-9-5-6(7)4-8-9;/h4H,2-3H2,1H3;/q-1;+1. The van der Waals surface area contributed by atoms with Crippen LogP contribution in [0.15, 0.2) is 10.7 Å². The van der Waals surface area contributed by atoms with Crippen LogP contribution in [0.1, 0.15) is 13.3 Å². The Bertz CT molecular complexity index is 188. The molecular weight excluding hydrogens is 187 g/mol. The Morgan fingerprint density at radius 2 is 2.50 bits per heavy atom. The minimum atomic E-state index is 0. The van der Waals surface area contributed by atoms with Crippen molar-refractivity contribution in [2.45, 2.75) is 19.9 Å². The predicted octanol–water partition coefficient (Wildman–Crippen LogP) is -1.14. The molecule has 0 amide bonds. The number of hydrogen-bond donors (Lipinski definition) is 0. The van der Waals surface area contributed by atoms with Gasteiger partial charge in [-0.05, 0) is 6.42 Å². The molecule has 0 N–H and O–H groups in total. The van der Waals surface area contributed by atoms with E-state index in [-0.39, 0.29) is 18.9 Å². The van der Waals surface area contributed by atoms with Crippen LogP contribution in [-0.4, -0.2) is 9.78 Å². The first kappa shape index (κ1) is 10.3. The second-order valence-corrected chi connectivity index (χ2v) is 2.68. The molecule has 2 nitrogen and oxygen atoms in total. The van der Waals surface area contributed by atoms with Crippen LogP contribution in [0.25, 0.3) is 0 Å². The van der Waals surface area contributed by atoms with E-state index < -0.39 is 0 Å². The van der Waals surface area contributed by atoms with Gasteiger partial charge in [0.15, 0.2) is 0 Å². The van der Waals surface area contributed by atoms with E-state index >= 15 is 0 Å². The monoisotopic (exact) mass is 194 g/mol. The Kier molecular flexibility index (Phi) is 5.15. The van der Waals surface area contributed by atoms with E-state index in [4.69, 9.17) is 0 Å². The van der Waals surface area contributed by atoms with Gasteiger partial charge in [0.05, 0.1) is 0 Å². The molecule has 50 valence electrons. The van der Waals surface area contributed by atoms with Crippen molar-refractivity contribution in [1.29, 1.82) is 0 Å². The Hall–Kier alpha value is 0.287. The molecule has 10 heavy (non-hydrogen) atoms. The van der Waals surface area contributed by atoms with Crippen molar-refractivity contribution in [3.63, 3.8) is 0 Å². The van der Waals surface area contributed by atoms with Crippen LogP contribution in [0.2, 0.25) is 0 Å². The topological polar surface area (TPSA) is 17.8 Å². The second kappa shape index (κ2) is 5.01. The second-order valence-electron chi connectivity index (χ2n) is 1.83. The molecule has 0 saturated heterocycles. The number of rotatable bonds is 2. The summed E-state index contributed by atoms with van der Waals surface area (Å²) >= 11 is 3.26. The fourth-order valence-electron chi connectivity index (χ4n) is 0.627. The van der Waals surface area contributed by atoms with Crippen LogP contribution < -0.4 is 18.9 Å². The molecule has 1 aromatic rings. The normalized spacial score (nSPS) is 9.00. The van der Waals surface area contributed by atoms with Gasteiger partial charge >= 0.3 is 18.9 Å². The summed E-state index contributed by atoms with van der Waals surface area (Å²) in [5.41, 5.74) is 0. The summed E-state index contributed by atoms with van der Waals surface area (Å²) in [7, 11) is 0. The number of aromatic nitrogens is 2. The van der Waals surface area contributed by atoms with Crippen LogP contribution >= 0.6 is 15.9 Å². The number of aryl methyl sites for hydroxylation is 1. The molecule has 0 aliphatic carbocycles. The van der Waals surface area contributed by atoms with E-state index in [2.05, 4.69) is 34.1 Å². The van der Waals surface area contributed by atoms with Crippen molar-refractivity contribution in [3.8, 4) is 0 Å². The van der Waals surface area contributed by atoms with Gasteiger partial charge < -0.3 is 4.68 Å². The fraction of sp³-hybridized carbons (Fsp3) is 0.500. The van der Waals surface area contributed by atoms with Gasteiger partial charge in [-0.2, -0.15) is 0 Å². The first-order valence-electron chi connectivity index (χ1n) is 2.93. The number of halogens is 1. The molecule has 1 heterocycles. The largest absolute Gasteiger partial charge is 1.00 e. The molecule has 0 aliphatic rings. The van der Waals surface area contributed by atoms with Gasteiger partial charge in [0.2, 0.25) is 0 Å². The SMILES string of the molecule is CCCn1[c-]c(Br)cn1.[Li+]. The summed E-state index contributed by atoms with van der Waals surface area (Å²) in [6.07, 6.45) is 5.85. The summed E-state index contributed by atoms with van der Waals surface area (Å²) in [5, 5.41) is 4.02. The molecule has 0 aliphatic heterocycles. The van der Waals surface area contributed by atoms with Gasteiger partial charge in [0.25, 0.3) is 0 Å². The zero-order valence-electron chi connectivity index (χ0n) is 6.26. The van der Waals surface area contributed by atoms with Gasteiger partial charge in [0, 0.05) is 6.54 Å². The molecule has 0 atom stereocenters. The Labute approximate surface area is 81.3 Å². The summed E-state index contributed by atoms with van der Waals surface area (Å²) in [6, 6.07) is 0. The Balaban J connectivity index is 0.000000810. The van der Waals surface area contributed by atoms with Gasteiger partial charge in [-0.15, -0.1) is 10.7 Å². The molecule has 4 heteroatoms. The summed E-state index contributed by atoms with van der Waals surface area (Å²) in [4.78, 5) is 0. The van der Waals surface area contributed by atoms with E-state index in [1.165, 1.54) is 0 Å². The third-order valence-corrected chi connectivity index (χ3v) is 1.36. The Morgan fingerprint density at radius 1 is 1.80 bits per heavy atom. The molecule has 1 aromatic heterocycles. The quantitative estimate of drug-likeness (QED) is 0.430. The molecular formula is C6H8BrLiN2. The van der Waals surface area contributed by atoms with Crippen molar-refractivity contribution in [1.82, 2.24) is 9.78 Å². The minimum absolute atomic E-state index is 0. The minimum Gasteiger partial charge on any atom is -0.375 e. The van der Waals surface area contributed by atoms with Crippen LogP contribution in [0.5, 0.6) is 0 Å². The maximum absolute atomic E-state index is 4.02. The van der Waals surface area contributed by atoms with Gasteiger partial charge in [-0.3, -0.25) is 5.10 Å². The fourth-order valence-corrected chi connectivity index (χ4v) is 0.923. The van der Waals surface area contributed by atoms with Crippen LogP contribution in [0.4, 0.5) is 0 Å². The first-order valence-corrected chi connectivity index (χ1v) is 3.73. The molecule has 0 bridgehead atoms. The molecule has 0 unspecified atom stereocenters. The van der Waals surface area contributed by atoms with Crippen molar-refractivity contribution in [2.75, 3.05) is 0 Å². The molecule has 0 fully saturated rings. The van der Waals surface area contributed by atoms with E-state index in [0.717, 1.165) is 17.4 Å². The van der Waals surface area contributed by atoms with E-state index in [1.54, 1.807) is 10.9 Å². The van der Waals surface area contributed by atoms with Crippen molar-refractivity contribution in [2.24, 2.45) is 0 Å². The van der Waals surface area contributed by atoms with Gasteiger partial charge in [0.1, 0.15) is 0 Å². The zero-order valence-corrected chi connectivity index (χ0v) is 7.85. The maximum atomic E-state index is 4.02. The zero-order chi connectivity index (χ0) is 6.69. The average molecular weight is 195 g/mol. The number of hydrogen-bond acceptors (Lipinski definition) is 1. The molecule has 0 spiro atoms. The van der Waals surface area contributed by atoms with Crippen LogP contribution in [-0.2, 0) is 6.54 Å². The third kappa shape index (κ3) is 2.92. The first-order chi connectivity index (χ1) is 4.33. The van der Waals surface area contributed by atoms with E-state index in [1.807, 2.05) is 0 Å². The summed E-state index contributed by atoms with van der Waals surface area (Å²) in [5.74, 6) is 0. The van der Waals surface area contributed by atoms with Gasteiger partial charge in [-0.1, -0.05) is 29.1 Å².